The molecule has 1 atom stereocenters. The Morgan fingerprint density at radius 1 is 1.17 bits per heavy atom. The summed E-state index contributed by atoms with van der Waals surface area (Å²) in [5.74, 6) is -2.22. The standard InChI is InChI=1S/C10H11F3N4.ClH/c11-10(12,13)8(6-16-17-9(14)15)7-4-2-1-3-5-7;/h1-6,8H,(H4,14,15,17);1H. The summed E-state index contributed by atoms with van der Waals surface area (Å²) in [5, 5.41) is 6.35. The zero-order valence-corrected chi connectivity index (χ0v) is 9.95. The van der Waals surface area contributed by atoms with Crippen LogP contribution in [0.25, 0.3) is 0 Å². The second-order valence-electron chi connectivity index (χ2n) is 3.22. The number of nitrogens with two attached hydrogens (primary N) is 2. The Kier molecular flexibility index (Phi) is 6.18. The average Bonchev–Trinajstić information content (AvgIpc) is 2.23. The number of rotatable bonds is 3. The van der Waals surface area contributed by atoms with E-state index in [4.69, 9.17) is 11.5 Å². The van der Waals surface area contributed by atoms with E-state index >= 15 is 0 Å². The zero-order chi connectivity index (χ0) is 12.9. The molecule has 0 saturated carbocycles. The van der Waals surface area contributed by atoms with E-state index in [0.717, 1.165) is 0 Å². The van der Waals surface area contributed by atoms with Gasteiger partial charge in [-0.25, -0.2) is 0 Å². The van der Waals surface area contributed by atoms with E-state index in [1.54, 1.807) is 6.07 Å². The number of hydrogen-bond donors (Lipinski definition) is 2. The fourth-order valence-electron chi connectivity index (χ4n) is 1.19. The molecule has 0 aromatic heterocycles. The second kappa shape index (κ2) is 6.85. The Hall–Kier alpha value is -1.76. The molecular weight excluding hydrogens is 269 g/mol. The lowest BCUT2D eigenvalue weighted by Crippen LogP contribution is -2.23. The van der Waals surface area contributed by atoms with Gasteiger partial charge < -0.3 is 11.5 Å². The molecule has 0 radical (unpaired) electrons. The van der Waals surface area contributed by atoms with Gasteiger partial charge in [0.2, 0.25) is 5.96 Å². The Bertz CT molecular complexity index is 413. The van der Waals surface area contributed by atoms with Crippen molar-refractivity contribution in [2.24, 2.45) is 21.7 Å². The fourth-order valence-corrected chi connectivity index (χ4v) is 1.19. The minimum atomic E-state index is -4.44. The lowest BCUT2D eigenvalue weighted by molar-refractivity contribution is -0.134. The number of guanidine groups is 1. The van der Waals surface area contributed by atoms with Gasteiger partial charge >= 0.3 is 6.18 Å². The van der Waals surface area contributed by atoms with Crippen molar-refractivity contribution in [3.05, 3.63) is 35.9 Å². The Morgan fingerprint density at radius 2 is 1.72 bits per heavy atom. The molecule has 1 rings (SSSR count). The first kappa shape index (κ1) is 16.2. The first-order chi connectivity index (χ1) is 7.91. The van der Waals surface area contributed by atoms with Crippen molar-refractivity contribution in [1.29, 1.82) is 0 Å². The highest BCUT2D eigenvalue weighted by atomic mass is 35.5. The molecule has 100 valence electrons. The Morgan fingerprint density at radius 3 is 2.17 bits per heavy atom. The molecule has 18 heavy (non-hydrogen) atoms. The third kappa shape index (κ3) is 5.05. The van der Waals surface area contributed by atoms with Gasteiger partial charge in [-0.2, -0.15) is 18.3 Å². The second-order valence-corrected chi connectivity index (χ2v) is 3.22. The van der Waals surface area contributed by atoms with Crippen LogP contribution in [0.5, 0.6) is 0 Å². The lowest BCUT2D eigenvalue weighted by atomic mass is 10.0. The van der Waals surface area contributed by atoms with Gasteiger partial charge in [0.1, 0.15) is 5.92 Å². The molecule has 1 unspecified atom stereocenters. The maximum absolute atomic E-state index is 12.7. The fraction of sp³-hybridized carbons (Fsp3) is 0.200. The molecule has 8 heteroatoms. The van der Waals surface area contributed by atoms with Crippen molar-refractivity contribution in [2.75, 3.05) is 0 Å². The zero-order valence-electron chi connectivity index (χ0n) is 9.13. The molecule has 4 N–H and O–H groups in total. The predicted octanol–water partition coefficient (Wildman–Crippen LogP) is 2.01. The summed E-state index contributed by atoms with van der Waals surface area (Å²) in [5.41, 5.74) is 10.00. The third-order valence-corrected chi connectivity index (χ3v) is 1.90. The van der Waals surface area contributed by atoms with Gasteiger partial charge in [-0.05, 0) is 5.56 Å². The van der Waals surface area contributed by atoms with Crippen molar-refractivity contribution in [2.45, 2.75) is 12.1 Å². The maximum Gasteiger partial charge on any atom is 0.400 e. The highest BCUT2D eigenvalue weighted by Gasteiger charge is 2.39. The van der Waals surface area contributed by atoms with E-state index in [9.17, 15) is 13.2 Å². The maximum atomic E-state index is 12.7. The van der Waals surface area contributed by atoms with Crippen LogP contribution in [0.1, 0.15) is 11.5 Å². The molecular formula is C10H12ClF3N4. The van der Waals surface area contributed by atoms with E-state index in [1.165, 1.54) is 24.3 Å². The lowest BCUT2D eigenvalue weighted by Gasteiger charge is -2.15. The van der Waals surface area contributed by atoms with Crippen molar-refractivity contribution in [3.63, 3.8) is 0 Å². The van der Waals surface area contributed by atoms with E-state index < -0.39 is 18.1 Å². The van der Waals surface area contributed by atoms with Crippen LogP contribution in [0.3, 0.4) is 0 Å². The van der Waals surface area contributed by atoms with E-state index in [2.05, 4.69) is 10.2 Å². The molecule has 4 nitrogen and oxygen atoms in total. The molecule has 0 aliphatic heterocycles. The molecule has 0 saturated heterocycles. The summed E-state index contributed by atoms with van der Waals surface area (Å²) in [6.07, 6.45) is -3.78. The van der Waals surface area contributed by atoms with Crippen molar-refractivity contribution in [3.8, 4) is 0 Å². The minimum Gasteiger partial charge on any atom is -0.369 e. The van der Waals surface area contributed by atoms with Crippen LogP contribution in [0.2, 0.25) is 0 Å². The van der Waals surface area contributed by atoms with E-state index in [1.807, 2.05) is 0 Å². The molecule has 0 aliphatic rings. The van der Waals surface area contributed by atoms with Gasteiger partial charge in [-0.15, -0.1) is 17.5 Å². The van der Waals surface area contributed by atoms with Crippen molar-refractivity contribution >= 4 is 24.6 Å². The van der Waals surface area contributed by atoms with E-state index in [0.29, 0.717) is 6.21 Å². The van der Waals surface area contributed by atoms with Crippen molar-refractivity contribution in [1.82, 2.24) is 0 Å². The summed E-state index contributed by atoms with van der Waals surface area (Å²) in [7, 11) is 0. The molecule has 0 bridgehead atoms. The van der Waals surface area contributed by atoms with Gasteiger partial charge in [0.15, 0.2) is 0 Å². The topological polar surface area (TPSA) is 76.8 Å². The number of alkyl halides is 3. The monoisotopic (exact) mass is 280 g/mol. The molecule has 0 amide bonds. The largest absolute Gasteiger partial charge is 0.400 e. The van der Waals surface area contributed by atoms with Crippen LogP contribution >= 0.6 is 12.4 Å². The Labute approximate surface area is 108 Å². The number of nitrogens with zero attached hydrogens (tertiary/aromatic N) is 2. The molecule has 0 aliphatic carbocycles. The summed E-state index contributed by atoms with van der Waals surface area (Å²) in [6, 6.07) is 7.38. The Balaban J connectivity index is 0.00000289. The highest BCUT2D eigenvalue weighted by Crippen LogP contribution is 2.33. The molecule has 0 spiro atoms. The van der Waals surface area contributed by atoms with E-state index in [-0.39, 0.29) is 18.0 Å². The van der Waals surface area contributed by atoms with Gasteiger partial charge in [-0.3, -0.25) is 0 Å². The average molecular weight is 281 g/mol. The smallest absolute Gasteiger partial charge is 0.369 e. The van der Waals surface area contributed by atoms with Crippen molar-refractivity contribution < 1.29 is 13.2 Å². The third-order valence-electron chi connectivity index (χ3n) is 1.90. The molecule has 1 aromatic rings. The summed E-state index contributed by atoms with van der Waals surface area (Å²) >= 11 is 0. The van der Waals surface area contributed by atoms with Gasteiger partial charge in [0.05, 0.1) is 0 Å². The summed E-state index contributed by atoms with van der Waals surface area (Å²) < 4.78 is 38.2. The van der Waals surface area contributed by atoms with Gasteiger partial charge in [-0.1, -0.05) is 30.3 Å². The van der Waals surface area contributed by atoms with Crippen LogP contribution in [-0.4, -0.2) is 18.4 Å². The predicted molar refractivity (Wildman–Crippen MR) is 66.8 cm³/mol. The first-order valence-electron chi connectivity index (χ1n) is 4.65. The normalized spacial score (nSPS) is 12.8. The number of hydrogen-bond acceptors (Lipinski definition) is 2. The van der Waals surface area contributed by atoms with Crippen LogP contribution in [-0.2, 0) is 0 Å². The summed E-state index contributed by atoms with van der Waals surface area (Å²) in [4.78, 5) is 0. The summed E-state index contributed by atoms with van der Waals surface area (Å²) in [6.45, 7) is 0. The molecule has 0 heterocycles. The first-order valence-corrected chi connectivity index (χ1v) is 4.65. The number of halogens is 4. The van der Waals surface area contributed by atoms with Gasteiger partial charge in [0, 0.05) is 6.21 Å². The quantitative estimate of drug-likeness (QED) is 0.505. The SMILES string of the molecule is Cl.NC(N)=NN=CC(c1ccccc1)C(F)(F)F. The molecule has 1 aromatic carbocycles. The van der Waals surface area contributed by atoms with Crippen LogP contribution in [0, 0.1) is 0 Å². The van der Waals surface area contributed by atoms with Crippen LogP contribution < -0.4 is 11.5 Å². The van der Waals surface area contributed by atoms with Crippen LogP contribution in [0.4, 0.5) is 13.2 Å². The minimum absolute atomic E-state index is 0. The highest BCUT2D eigenvalue weighted by molar-refractivity contribution is 5.85. The van der Waals surface area contributed by atoms with Gasteiger partial charge in [0.25, 0.3) is 0 Å². The van der Waals surface area contributed by atoms with Crippen LogP contribution in [0.15, 0.2) is 40.5 Å². The number of benzene rings is 1. The molecule has 0 fully saturated rings.